The summed E-state index contributed by atoms with van der Waals surface area (Å²) in [5.41, 5.74) is 1.17. The lowest BCUT2D eigenvalue weighted by atomic mass is 10.1. The van der Waals surface area contributed by atoms with Crippen molar-refractivity contribution >= 4 is 0 Å². The van der Waals surface area contributed by atoms with Gasteiger partial charge >= 0.3 is 0 Å². The van der Waals surface area contributed by atoms with Crippen LogP contribution in [-0.4, -0.2) is 5.16 Å². The molecule has 3 nitrogen and oxygen atoms in total. The van der Waals surface area contributed by atoms with E-state index < -0.39 is 0 Å². The summed E-state index contributed by atoms with van der Waals surface area (Å²) in [7, 11) is 0. The molecule has 0 saturated carbocycles. The molecule has 0 aliphatic carbocycles. The summed E-state index contributed by atoms with van der Waals surface area (Å²) >= 11 is 0. The van der Waals surface area contributed by atoms with Gasteiger partial charge in [0.1, 0.15) is 12.1 Å². The van der Waals surface area contributed by atoms with E-state index in [1.54, 1.807) is 12.1 Å². The minimum absolute atomic E-state index is 0.241. The molecule has 0 unspecified atom stereocenters. The zero-order valence-electron chi connectivity index (χ0n) is 7.29. The molecule has 72 valence electrons. The van der Waals surface area contributed by atoms with E-state index in [1.165, 1.54) is 18.4 Å². The number of aromatic nitrogens is 1. The zero-order chi connectivity index (χ0) is 9.97. The number of halogens is 1. The molecule has 0 amide bonds. The number of benzene rings is 1. The summed E-state index contributed by atoms with van der Waals surface area (Å²) in [4.78, 5) is 11.1. The Morgan fingerprint density at radius 3 is 2.57 bits per heavy atom. The maximum Gasteiger partial charge on any atom is 0.283 e. The standard InChI is InChI=1S/C10H8FNO2/c11-9-3-1-7(2-4-9)5-8-6-14-12-10(8)13/h1-4,6H,5H2,(H,12,13). The van der Waals surface area contributed by atoms with Crippen molar-refractivity contribution in [3.05, 3.63) is 57.8 Å². The molecule has 0 spiro atoms. The Hall–Kier alpha value is -1.84. The number of nitrogens with one attached hydrogen (secondary N) is 1. The second-order valence-electron chi connectivity index (χ2n) is 3.00. The van der Waals surface area contributed by atoms with Crippen LogP contribution >= 0.6 is 0 Å². The molecule has 0 fully saturated rings. The first-order chi connectivity index (χ1) is 6.75. The highest BCUT2D eigenvalue weighted by Crippen LogP contribution is 2.06. The smallest absolute Gasteiger partial charge is 0.283 e. The largest absolute Gasteiger partial charge is 0.387 e. The first-order valence-corrected chi connectivity index (χ1v) is 4.15. The Balaban J connectivity index is 2.23. The van der Waals surface area contributed by atoms with Crippen molar-refractivity contribution in [2.45, 2.75) is 6.42 Å². The van der Waals surface area contributed by atoms with Crippen molar-refractivity contribution < 1.29 is 8.91 Å². The van der Waals surface area contributed by atoms with E-state index in [4.69, 9.17) is 0 Å². The summed E-state index contributed by atoms with van der Waals surface area (Å²) in [6, 6.07) is 6.01. The number of H-pyrrole nitrogens is 1. The maximum absolute atomic E-state index is 12.6. The van der Waals surface area contributed by atoms with E-state index in [1.807, 2.05) is 0 Å². The Morgan fingerprint density at radius 1 is 1.29 bits per heavy atom. The number of rotatable bonds is 2. The highest BCUT2D eigenvalue weighted by Gasteiger charge is 2.03. The van der Waals surface area contributed by atoms with E-state index in [0.717, 1.165) is 5.56 Å². The maximum atomic E-state index is 12.6. The second-order valence-corrected chi connectivity index (χ2v) is 3.00. The van der Waals surface area contributed by atoms with Gasteiger partial charge in [-0.05, 0) is 17.7 Å². The second kappa shape index (κ2) is 3.49. The number of hydrogen-bond acceptors (Lipinski definition) is 2. The van der Waals surface area contributed by atoms with Crippen LogP contribution in [0.15, 0.2) is 39.8 Å². The van der Waals surface area contributed by atoms with Gasteiger partial charge in [-0.1, -0.05) is 12.1 Å². The van der Waals surface area contributed by atoms with Gasteiger partial charge in [0.05, 0.1) is 5.56 Å². The Kier molecular flexibility index (Phi) is 2.18. The quantitative estimate of drug-likeness (QED) is 0.788. The molecule has 1 heterocycles. The lowest BCUT2D eigenvalue weighted by molar-refractivity contribution is 0.413. The molecule has 2 aromatic rings. The van der Waals surface area contributed by atoms with Gasteiger partial charge in [0.2, 0.25) is 0 Å². The van der Waals surface area contributed by atoms with Crippen LogP contribution in [0.25, 0.3) is 0 Å². The van der Waals surface area contributed by atoms with Crippen LogP contribution in [0, 0.1) is 5.82 Å². The molecule has 4 heteroatoms. The molecule has 1 N–H and O–H groups in total. The summed E-state index contributed by atoms with van der Waals surface area (Å²) in [5, 5.41) is 2.20. The monoisotopic (exact) mass is 193 g/mol. The minimum Gasteiger partial charge on any atom is -0.387 e. The summed E-state index contributed by atoms with van der Waals surface area (Å²) < 4.78 is 17.2. The molecule has 0 aliphatic heterocycles. The molecule has 2 rings (SSSR count). The lowest BCUT2D eigenvalue weighted by Gasteiger charge is -1.96. The topological polar surface area (TPSA) is 46.0 Å². The van der Waals surface area contributed by atoms with Gasteiger partial charge < -0.3 is 4.52 Å². The Morgan fingerprint density at radius 2 is 2.00 bits per heavy atom. The molecule has 0 atom stereocenters. The van der Waals surface area contributed by atoms with Crippen molar-refractivity contribution in [1.29, 1.82) is 0 Å². The van der Waals surface area contributed by atoms with E-state index >= 15 is 0 Å². The van der Waals surface area contributed by atoms with Crippen molar-refractivity contribution in [2.24, 2.45) is 0 Å². The van der Waals surface area contributed by atoms with E-state index in [9.17, 15) is 9.18 Å². The molecule has 14 heavy (non-hydrogen) atoms. The first kappa shape index (κ1) is 8.74. The Bertz CT molecular complexity index is 469. The van der Waals surface area contributed by atoms with Crippen LogP contribution in [0.3, 0.4) is 0 Å². The van der Waals surface area contributed by atoms with Crippen molar-refractivity contribution in [3.63, 3.8) is 0 Å². The number of aromatic amines is 1. The van der Waals surface area contributed by atoms with Gasteiger partial charge in [-0.2, -0.15) is 5.16 Å². The lowest BCUT2D eigenvalue weighted by Crippen LogP contribution is -2.05. The highest BCUT2D eigenvalue weighted by molar-refractivity contribution is 5.22. The average molecular weight is 193 g/mol. The van der Waals surface area contributed by atoms with Crippen molar-refractivity contribution in [3.8, 4) is 0 Å². The Labute approximate surface area is 79.1 Å². The molecule has 0 radical (unpaired) electrons. The normalized spacial score (nSPS) is 10.4. The van der Waals surface area contributed by atoms with Gasteiger partial charge in [0.25, 0.3) is 5.56 Å². The molecule has 1 aromatic carbocycles. The zero-order valence-corrected chi connectivity index (χ0v) is 7.29. The third-order valence-corrected chi connectivity index (χ3v) is 1.95. The van der Waals surface area contributed by atoms with Crippen molar-refractivity contribution in [1.82, 2.24) is 5.16 Å². The van der Waals surface area contributed by atoms with Gasteiger partial charge in [-0.25, -0.2) is 4.39 Å². The third-order valence-electron chi connectivity index (χ3n) is 1.95. The molecule has 1 aromatic heterocycles. The van der Waals surface area contributed by atoms with Crippen LogP contribution in [-0.2, 0) is 6.42 Å². The first-order valence-electron chi connectivity index (χ1n) is 4.15. The minimum atomic E-state index is -0.283. The van der Waals surface area contributed by atoms with Gasteiger partial charge in [0, 0.05) is 6.42 Å². The third kappa shape index (κ3) is 1.74. The molecular weight excluding hydrogens is 185 g/mol. The summed E-state index contributed by atoms with van der Waals surface area (Å²) in [6.07, 6.45) is 1.82. The fourth-order valence-corrected chi connectivity index (χ4v) is 1.22. The van der Waals surface area contributed by atoms with E-state index in [-0.39, 0.29) is 11.4 Å². The fourth-order valence-electron chi connectivity index (χ4n) is 1.22. The predicted octanol–water partition coefficient (Wildman–Crippen LogP) is 1.70. The van der Waals surface area contributed by atoms with Gasteiger partial charge in [-0.15, -0.1) is 0 Å². The summed E-state index contributed by atoms with van der Waals surface area (Å²) in [5.74, 6) is -0.283. The number of hydrogen-bond donors (Lipinski definition) is 1. The average Bonchev–Trinajstić information content (AvgIpc) is 2.56. The van der Waals surface area contributed by atoms with E-state index in [0.29, 0.717) is 12.0 Å². The fraction of sp³-hybridized carbons (Fsp3) is 0.100. The van der Waals surface area contributed by atoms with Crippen LogP contribution < -0.4 is 5.56 Å². The SMILES string of the molecule is O=c1[nH]occ1Cc1ccc(F)cc1. The van der Waals surface area contributed by atoms with Crippen LogP contribution in [0.4, 0.5) is 4.39 Å². The van der Waals surface area contributed by atoms with Crippen LogP contribution in [0.5, 0.6) is 0 Å². The molecule has 0 aliphatic rings. The molecule has 0 bridgehead atoms. The highest BCUT2D eigenvalue weighted by atomic mass is 19.1. The van der Waals surface area contributed by atoms with Gasteiger partial charge in [0.15, 0.2) is 0 Å². The van der Waals surface area contributed by atoms with E-state index in [2.05, 4.69) is 9.68 Å². The van der Waals surface area contributed by atoms with Crippen molar-refractivity contribution in [2.75, 3.05) is 0 Å². The molecular formula is C10H8FNO2. The predicted molar refractivity (Wildman–Crippen MR) is 48.5 cm³/mol. The van der Waals surface area contributed by atoms with Crippen LogP contribution in [0.2, 0.25) is 0 Å². The summed E-state index contributed by atoms with van der Waals surface area (Å²) in [6.45, 7) is 0. The van der Waals surface area contributed by atoms with Gasteiger partial charge in [-0.3, -0.25) is 4.79 Å². The molecule has 0 saturated heterocycles. The van der Waals surface area contributed by atoms with Crippen LogP contribution in [0.1, 0.15) is 11.1 Å².